The summed E-state index contributed by atoms with van der Waals surface area (Å²) >= 11 is 0. The van der Waals surface area contributed by atoms with Crippen LogP contribution in [-0.2, 0) is 20.9 Å². The molecule has 0 radical (unpaired) electrons. The number of pyridine rings is 1. The van der Waals surface area contributed by atoms with Crippen LogP contribution in [0.3, 0.4) is 0 Å². The van der Waals surface area contributed by atoms with Crippen molar-refractivity contribution < 1.29 is 23.9 Å². The summed E-state index contributed by atoms with van der Waals surface area (Å²) in [4.78, 5) is 58.9. The van der Waals surface area contributed by atoms with Crippen LogP contribution in [0.2, 0.25) is 0 Å². The molecular weight excluding hydrogens is 462 g/mol. The number of carbonyl (C=O) groups excluding carboxylic acids is 4. The lowest BCUT2D eigenvalue weighted by Crippen LogP contribution is -2.70. The summed E-state index contributed by atoms with van der Waals surface area (Å²) < 4.78 is 5.53. The Bertz CT molecular complexity index is 1170. The zero-order valence-electron chi connectivity index (χ0n) is 20.9. The minimum absolute atomic E-state index is 0.204. The predicted molar refractivity (Wildman–Crippen MR) is 128 cm³/mol. The SMILES string of the molecule is CC(C)(C)OC(=O)N1C2CC1CN(CCC#Cc1cc3c(cn1)C(=O)N(C1CCC(=O)NC1=O)C3)C2. The van der Waals surface area contributed by atoms with Crippen LogP contribution in [0.4, 0.5) is 4.79 Å². The van der Waals surface area contributed by atoms with E-state index in [4.69, 9.17) is 4.74 Å². The highest BCUT2D eigenvalue weighted by molar-refractivity contribution is 6.05. The Morgan fingerprint density at radius 2 is 1.97 bits per heavy atom. The van der Waals surface area contributed by atoms with Gasteiger partial charge >= 0.3 is 6.09 Å². The van der Waals surface area contributed by atoms with Crippen LogP contribution in [0, 0.1) is 11.8 Å². The maximum absolute atomic E-state index is 12.8. The fraction of sp³-hybridized carbons (Fsp3) is 0.577. The van der Waals surface area contributed by atoms with Gasteiger partial charge in [-0.2, -0.15) is 0 Å². The second kappa shape index (κ2) is 9.21. The van der Waals surface area contributed by atoms with Crippen molar-refractivity contribution in [3.05, 3.63) is 29.1 Å². The van der Waals surface area contributed by atoms with Crippen LogP contribution >= 0.6 is 0 Å². The van der Waals surface area contributed by atoms with Gasteiger partial charge in [0.15, 0.2) is 0 Å². The fourth-order valence-electron chi connectivity index (χ4n) is 5.39. The Balaban J connectivity index is 1.13. The van der Waals surface area contributed by atoms with Crippen LogP contribution in [0.25, 0.3) is 0 Å². The molecule has 0 aliphatic carbocycles. The second-order valence-corrected chi connectivity index (χ2v) is 10.9. The monoisotopic (exact) mass is 493 g/mol. The normalized spacial score (nSPS) is 25.5. The fourth-order valence-corrected chi connectivity index (χ4v) is 5.39. The largest absolute Gasteiger partial charge is 0.444 e. The Labute approximate surface area is 210 Å². The lowest BCUT2D eigenvalue weighted by atomic mass is 9.88. The molecule has 10 nitrogen and oxygen atoms in total. The summed E-state index contributed by atoms with van der Waals surface area (Å²) in [5.41, 5.74) is 1.37. The molecule has 4 fully saturated rings. The number of fused-ring (bicyclic) bond motifs is 3. The number of amides is 4. The molecule has 4 amide bonds. The Morgan fingerprint density at radius 1 is 1.22 bits per heavy atom. The van der Waals surface area contributed by atoms with Crippen molar-refractivity contribution >= 4 is 23.8 Å². The number of rotatable bonds is 3. The predicted octanol–water partition coefficient (Wildman–Crippen LogP) is 1.28. The van der Waals surface area contributed by atoms with E-state index < -0.39 is 17.6 Å². The van der Waals surface area contributed by atoms with E-state index in [1.807, 2.05) is 25.7 Å². The first kappa shape index (κ1) is 24.3. The number of nitrogens with zero attached hydrogens (tertiary/aromatic N) is 4. The van der Waals surface area contributed by atoms with Crippen molar-refractivity contribution in [3.63, 3.8) is 0 Å². The van der Waals surface area contributed by atoms with Crippen molar-refractivity contribution in [2.45, 2.75) is 76.7 Å². The zero-order valence-corrected chi connectivity index (χ0v) is 20.9. The molecule has 0 spiro atoms. The highest BCUT2D eigenvalue weighted by atomic mass is 16.6. The maximum atomic E-state index is 12.8. The molecule has 10 heteroatoms. The molecule has 6 rings (SSSR count). The van der Waals surface area contributed by atoms with Gasteiger partial charge in [-0.3, -0.25) is 29.5 Å². The topological polar surface area (TPSA) is 112 Å². The second-order valence-electron chi connectivity index (χ2n) is 10.9. The van der Waals surface area contributed by atoms with E-state index in [2.05, 4.69) is 27.0 Å². The molecule has 0 aromatic carbocycles. The lowest BCUT2D eigenvalue weighted by molar-refractivity contribution is -0.136. The van der Waals surface area contributed by atoms with Gasteiger partial charge in [-0.05, 0) is 51.2 Å². The molecule has 2 bridgehead atoms. The number of aromatic nitrogens is 1. The number of imide groups is 1. The number of piperidine rings is 2. The van der Waals surface area contributed by atoms with Gasteiger partial charge < -0.3 is 9.64 Å². The van der Waals surface area contributed by atoms with Gasteiger partial charge in [-0.15, -0.1) is 0 Å². The molecule has 4 saturated heterocycles. The van der Waals surface area contributed by atoms with Gasteiger partial charge in [0.2, 0.25) is 11.8 Å². The Kier molecular flexibility index (Phi) is 6.20. The quantitative estimate of drug-likeness (QED) is 0.499. The molecule has 6 heterocycles. The number of ether oxygens (including phenoxy) is 1. The summed E-state index contributed by atoms with van der Waals surface area (Å²) in [5.74, 6) is 5.29. The van der Waals surface area contributed by atoms with Crippen LogP contribution in [-0.4, -0.2) is 86.9 Å². The number of nitrogens with one attached hydrogen (secondary N) is 1. The van der Waals surface area contributed by atoms with E-state index in [0.29, 0.717) is 30.6 Å². The van der Waals surface area contributed by atoms with Gasteiger partial charge in [-0.25, -0.2) is 9.78 Å². The minimum atomic E-state index is -0.640. The molecule has 3 unspecified atom stereocenters. The number of piperazine rings is 1. The molecule has 1 aromatic rings. The molecule has 1 aromatic heterocycles. The smallest absolute Gasteiger partial charge is 0.410 e. The number of hydrogen-bond donors (Lipinski definition) is 1. The van der Waals surface area contributed by atoms with Crippen LogP contribution < -0.4 is 5.32 Å². The van der Waals surface area contributed by atoms with Gasteiger partial charge in [0.25, 0.3) is 5.91 Å². The van der Waals surface area contributed by atoms with E-state index >= 15 is 0 Å². The van der Waals surface area contributed by atoms with Crippen LogP contribution in [0.5, 0.6) is 0 Å². The molecule has 190 valence electrons. The first-order chi connectivity index (χ1) is 17.1. The Morgan fingerprint density at radius 3 is 2.67 bits per heavy atom. The highest BCUT2D eigenvalue weighted by Crippen LogP contribution is 2.33. The Hall–Kier alpha value is -3.45. The third kappa shape index (κ3) is 4.80. The summed E-state index contributed by atoms with van der Waals surface area (Å²) in [7, 11) is 0. The molecular formula is C26H31N5O5. The van der Waals surface area contributed by atoms with E-state index in [9.17, 15) is 19.2 Å². The molecule has 0 saturated carbocycles. The summed E-state index contributed by atoms with van der Waals surface area (Å²) in [6.07, 6.45) is 3.56. The maximum Gasteiger partial charge on any atom is 0.410 e. The van der Waals surface area contributed by atoms with Crippen molar-refractivity contribution in [2.24, 2.45) is 0 Å². The van der Waals surface area contributed by atoms with Crippen LogP contribution in [0.1, 0.15) is 68.1 Å². The highest BCUT2D eigenvalue weighted by Gasteiger charge is 2.48. The van der Waals surface area contributed by atoms with Crippen molar-refractivity contribution in [1.29, 1.82) is 0 Å². The van der Waals surface area contributed by atoms with Crippen molar-refractivity contribution in [3.8, 4) is 11.8 Å². The average Bonchev–Trinajstić information content (AvgIpc) is 3.11. The standard InChI is InChI=1S/C26H31N5O5/c1-26(2,3)36-25(35)31-18-11-19(31)15-29(14-18)9-5-4-6-17-10-16-13-30(24(34)20(16)12-27-17)21-7-8-22(32)28-23(21)33/h10,12,18-19,21H,5,7-9,11,13-15H2,1-3H3,(H,28,32,33). The minimum Gasteiger partial charge on any atom is -0.444 e. The molecule has 36 heavy (non-hydrogen) atoms. The summed E-state index contributed by atoms with van der Waals surface area (Å²) in [6, 6.07) is 1.57. The van der Waals surface area contributed by atoms with E-state index in [-0.39, 0.29) is 36.4 Å². The van der Waals surface area contributed by atoms with E-state index in [0.717, 1.165) is 31.6 Å². The third-order valence-corrected chi connectivity index (χ3v) is 7.05. The van der Waals surface area contributed by atoms with Gasteiger partial charge in [0.1, 0.15) is 17.3 Å². The molecule has 1 N–H and O–H groups in total. The summed E-state index contributed by atoms with van der Waals surface area (Å²) in [6.45, 7) is 8.42. The van der Waals surface area contributed by atoms with Gasteiger partial charge in [0.05, 0.1) is 17.6 Å². The summed E-state index contributed by atoms with van der Waals surface area (Å²) in [5, 5.41) is 2.31. The first-order valence-electron chi connectivity index (χ1n) is 12.4. The molecule has 5 aliphatic rings. The molecule has 3 atom stereocenters. The first-order valence-corrected chi connectivity index (χ1v) is 12.4. The van der Waals surface area contributed by atoms with Gasteiger partial charge in [-0.1, -0.05) is 5.92 Å². The van der Waals surface area contributed by atoms with E-state index in [1.165, 1.54) is 11.1 Å². The lowest BCUT2D eigenvalue weighted by Gasteiger charge is -2.55. The average molecular weight is 494 g/mol. The third-order valence-electron chi connectivity index (χ3n) is 7.05. The zero-order chi connectivity index (χ0) is 25.6. The van der Waals surface area contributed by atoms with Crippen LogP contribution in [0.15, 0.2) is 12.3 Å². The van der Waals surface area contributed by atoms with E-state index in [1.54, 1.807) is 6.07 Å². The van der Waals surface area contributed by atoms with Gasteiger partial charge in [0, 0.05) is 45.2 Å². The molecule has 5 aliphatic heterocycles. The number of hydrogen-bond acceptors (Lipinski definition) is 7. The number of carbonyl (C=O) groups is 4. The van der Waals surface area contributed by atoms with Crippen molar-refractivity contribution in [2.75, 3.05) is 19.6 Å². The van der Waals surface area contributed by atoms with Crippen molar-refractivity contribution in [1.82, 2.24) is 25.0 Å².